The Kier molecular flexibility index (Phi) is 19.9. The molecule has 0 radical (unpaired) electrons. The number of hydrogen-bond donors (Lipinski definition) is 0. The van der Waals surface area contributed by atoms with Crippen molar-refractivity contribution in [2.45, 2.75) is 62.3 Å². The fraction of sp³-hybridized carbons (Fsp3) is 0.750. The first-order valence-electron chi connectivity index (χ1n) is 5.61. The second-order valence-corrected chi connectivity index (χ2v) is 1.95. The van der Waals surface area contributed by atoms with Crippen molar-refractivity contribution in [1.82, 2.24) is 5.16 Å². The Balaban J connectivity index is -0.000000174. The monoisotopic (exact) mass is 201 g/mol. The van der Waals surface area contributed by atoms with Crippen LogP contribution >= 0.6 is 0 Å². The van der Waals surface area contributed by atoms with Gasteiger partial charge in [0.25, 0.3) is 0 Å². The van der Waals surface area contributed by atoms with Crippen molar-refractivity contribution >= 4 is 0 Å². The number of nitrogens with zero attached hydrogens (tertiary/aromatic N) is 1. The summed E-state index contributed by atoms with van der Waals surface area (Å²) in [5.74, 6) is 0.919. The molecule has 0 aromatic carbocycles. The fourth-order valence-corrected chi connectivity index (χ4v) is 0.529. The molecule has 0 fully saturated rings. The Morgan fingerprint density at radius 1 is 0.786 bits per heavy atom. The molecule has 0 atom stereocenters. The highest BCUT2D eigenvalue weighted by atomic mass is 16.5. The van der Waals surface area contributed by atoms with Gasteiger partial charge >= 0.3 is 0 Å². The van der Waals surface area contributed by atoms with Crippen molar-refractivity contribution in [2.24, 2.45) is 0 Å². The number of aromatic nitrogens is 1. The Morgan fingerprint density at radius 3 is 1.21 bits per heavy atom. The summed E-state index contributed by atoms with van der Waals surface area (Å²) in [7, 11) is 0. The van der Waals surface area contributed by atoms with Gasteiger partial charge in [-0.15, -0.1) is 0 Å². The normalized spacial score (nSPS) is 6.93. The van der Waals surface area contributed by atoms with Crippen LogP contribution in [0.15, 0.2) is 4.52 Å². The molecule has 0 unspecified atom stereocenters. The Bertz CT molecular complexity index is 173. The van der Waals surface area contributed by atoms with Crippen LogP contribution in [-0.4, -0.2) is 5.16 Å². The summed E-state index contributed by atoms with van der Waals surface area (Å²) >= 11 is 0. The molecule has 14 heavy (non-hydrogen) atoms. The van der Waals surface area contributed by atoms with Crippen LogP contribution in [0.3, 0.4) is 0 Å². The van der Waals surface area contributed by atoms with Gasteiger partial charge < -0.3 is 4.52 Å². The number of rotatable bonds is 0. The molecule has 2 nitrogen and oxygen atoms in total. The smallest absolute Gasteiger partial charge is 0.136 e. The molecule has 1 aromatic rings. The zero-order chi connectivity index (χ0) is 12.1. The van der Waals surface area contributed by atoms with Gasteiger partial charge in [-0.1, -0.05) is 46.7 Å². The molecule has 2 heteroatoms. The highest BCUT2D eigenvalue weighted by Gasteiger charge is 1.99. The minimum Gasteiger partial charge on any atom is -0.361 e. The van der Waals surface area contributed by atoms with Crippen molar-refractivity contribution in [3.63, 3.8) is 0 Å². The van der Waals surface area contributed by atoms with Crippen LogP contribution in [0, 0.1) is 20.8 Å². The third kappa shape index (κ3) is 7.84. The van der Waals surface area contributed by atoms with Crippen LogP contribution < -0.4 is 0 Å². The standard InChI is InChI=1S/C6H9NO.3C2H6/c1-4-5(2)7-8-6(4)3;3*1-2/h1-3H3;3*1-2H3. The summed E-state index contributed by atoms with van der Waals surface area (Å²) in [5.41, 5.74) is 2.15. The first kappa shape index (κ1) is 18.9. The van der Waals surface area contributed by atoms with Crippen LogP contribution in [0.4, 0.5) is 0 Å². The molecular formula is C12H27NO. The summed E-state index contributed by atoms with van der Waals surface area (Å²) in [6.45, 7) is 17.8. The Hall–Kier alpha value is -0.790. The van der Waals surface area contributed by atoms with Crippen molar-refractivity contribution in [2.75, 3.05) is 0 Å². The van der Waals surface area contributed by atoms with Crippen molar-refractivity contribution in [1.29, 1.82) is 0 Å². The summed E-state index contributed by atoms with van der Waals surface area (Å²) in [6, 6.07) is 0. The van der Waals surface area contributed by atoms with E-state index >= 15 is 0 Å². The molecular weight excluding hydrogens is 174 g/mol. The van der Waals surface area contributed by atoms with Gasteiger partial charge in [-0.25, -0.2) is 0 Å². The lowest BCUT2D eigenvalue weighted by Gasteiger charge is -1.80. The van der Waals surface area contributed by atoms with Gasteiger partial charge in [0.2, 0.25) is 0 Å². The van der Waals surface area contributed by atoms with Crippen molar-refractivity contribution in [3.05, 3.63) is 17.0 Å². The summed E-state index contributed by atoms with van der Waals surface area (Å²) in [6.07, 6.45) is 0. The SMILES string of the molecule is CC.CC.CC.Cc1noc(C)c1C. The molecule has 0 spiro atoms. The van der Waals surface area contributed by atoms with Crippen LogP contribution in [-0.2, 0) is 0 Å². The summed E-state index contributed by atoms with van der Waals surface area (Å²) in [4.78, 5) is 0. The maximum Gasteiger partial charge on any atom is 0.136 e. The van der Waals surface area contributed by atoms with Crippen molar-refractivity contribution in [3.8, 4) is 0 Å². The lowest BCUT2D eigenvalue weighted by molar-refractivity contribution is 0.392. The lowest BCUT2D eigenvalue weighted by atomic mass is 10.2. The Morgan fingerprint density at radius 2 is 1.14 bits per heavy atom. The molecule has 0 aliphatic rings. The average molecular weight is 201 g/mol. The van der Waals surface area contributed by atoms with Crippen LogP contribution in [0.5, 0.6) is 0 Å². The quantitative estimate of drug-likeness (QED) is 0.609. The molecule has 0 saturated carbocycles. The van der Waals surface area contributed by atoms with Gasteiger partial charge in [0.05, 0.1) is 5.69 Å². The zero-order valence-electron chi connectivity index (χ0n) is 11.4. The van der Waals surface area contributed by atoms with E-state index in [1.165, 1.54) is 0 Å². The third-order valence-electron chi connectivity index (χ3n) is 1.39. The Labute approximate surface area is 89.7 Å². The predicted molar refractivity (Wildman–Crippen MR) is 64.8 cm³/mol. The molecule has 0 saturated heterocycles. The van der Waals surface area contributed by atoms with E-state index in [1.807, 2.05) is 62.3 Å². The fourth-order valence-electron chi connectivity index (χ4n) is 0.529. The first-order valence-corrected chi connectivity index (χ1v) is 5.61. The van der Waals surface area contributed by atoms with Gasteiger partial charge in [0, 0.05) is 5.56 Å². The van der Waals surface area contributed by atoms with Crippen LogP contribution in [0.2, 0.25) is 0 Å². The highest BCUT2D eigenvalue weighted by molar-refractivity contribution is 5.17. The van der Waals surface area contributed by atoms with E-state index in [9.17, 15) is 0 Å². The van der Waals surface area contributed by atoms with Gasteiger partial charge in [-0.2, -0.15) is 0 Å². The third-order valence-corrected chi connectivity index (χ3v) is 1.39. The molecule has 1 aromatic heterocycles. The molecule has 86 valence electrons. The van der Waals surface area contributed by atoms with Crippen LogP contribution in [0.1, 0.15) is 58.6 Å². The average Bonchev–Trinajstić information content (AvgIpc) is 2.58. The van der Waals surface area contributed by atoms with E-state index in [4.69, 9.17) is 4.52 Å². The predicted octanol–water partition coefficient (Wildman–Crippen LogP) is 4.68. The van der Waals surface area contributed by atoms with E-state index in [1.54, 1.807) is 0 Å². The topological polar surface area (TPSA) is 26.0 Å². The highest BCUT2D eigenvalue weighted by Crippen LogP contribution is 2.08. The maximum absolute atomic E-state index is 4.84. The second kappa shape index (κ2) is 14.7. The van der Waals surface area contributed by atoms with E-state index in [0.29, 0.717) is 0 Å². The number of hydrogen-bond acceptors (Lipinski definition) is 2. The van der Waals surface area contributed by atoms with Gasteiger partial charge in [0.15, 0.2) is 0 Å². The second-order valence-electron chi connectivity index (χ2n) is 1.95. The minimum atomic E-state index is 0.919. The first-order chi connectivity index (χ1) is 6.72. The molecule has 0 aliphatic carbocycles. The van der Waals surface area contributed by atoms with Crippen LogP contribution in [0.25, 0.3) is 0 Å². The van der Waals surface area contributed by atoms with Gasteiger partial charge in [0.1, 0.15) is 5.76 Å². The van der Waals surface area contributed by atoms with E-state index in [-0.39, 0.29) is 0 Å². The number of aryl methyl sites for hydroxylation is 2. The zero-order valence-corrected chi connectivity index (χ0v) is 11.4. The molecule has 0 N–H and O–H groups in total. The molecule has 0 bridgehead atoms. The van der Waals surface area contributed by atoms with Gasteiger partial charge in [-0.3, -0.25) is 0 Å². The minimum absolute atomic E-state index is 0.919. The molecule has 0 amide bonds. The summed E-state index contributed by atoms with van der Waals surface area (Å²) < 4.78 is 4.84. The summed E-state index contributed by atoms with van der Waals surface area (Å²) in [5, 5.41) is 3.74. The maximum atomic E-state index is 4.84. The molecule has 0 aliphatic heterocycles. The lowest BCUT2D eigenvalue weighted by Crippen LogP contribution is -1.73. The van der Waals surface area contributed by atoms with Gasteiger partial charge in [-0.05, 0) is 20.8 Å². The van der Waals surface area contributed by atoms with Crippen molar-refractivity contribution < 1.29 is 4.52 Å². The largest absolute Gasteiger partial charge is 0.361 e. The molecule has 1 heterocycles. The van der Waals surface area contributed by atoms with E-state index in [0.717, 1.165) is 17.0 Å². The van der Waals surface area contributed by atoms with E-state index < -0.39 is 0 Å². The van der Waals surface area contributed by atoms with E-state index in [2.05, 4.69) is 5.16 Å². The molecule has 1 rings (SSSR count).